The van der Waals surface area contributed by atoms with Gasteiger partial charge in [0.25, 0.3) is 5.91 Å². The molecule has 104 valence electrons. The van der Waals surface area contributed by atoms with Gasteiger partial charge in [0.2, 0.25) is 0 Å². The fraction of sp³-hybridized carbons (Fsp3) is 0.500. The fourth-order valence-corrected chi connectivity index (χ4v) is 1.91. The van der Waals surface area contributed by atoms with Gasteiger partial charge in [0.05, 0.1) is 11.1 Å². The Morgan fingerprint density at radius 1 is 1.58 bits per heavy atom. The molecule has 1 atom stereocenters. The SMILES string of the molecule is CC(O)c1ccc(OCC(=O)NCC2CC2)c(Cl)c1. The summed E-state index contributed by atoms with van der Waals surface area (Å²) in [5, 5.41) is 12.6. The third-order valence-electron chi connectivity index (χ3n) is 3.08. The smallest absolute Gasteiger partial charge is 0.257 e. The minimum absolute atomic E-state index is 0.0412. The number of rotatable bonds is 6. The first-order valence-electron chi connectivity index (χ1n) is 6.43. The van der Waals surface area contributed by atoms with E-state index < -0.39 is 6.10 Å². The van der Waals surface area contributed by atoms with Crippen LogP contribution in [0.5, 0.6) is 5.75 Å². The molecule has 0 saturated heterocycles. The second kappa shape index (κ2) is 6.26. The van der Waals surface area contributed by atoms with Crippen molar-refractivity contribution in [3.8, 4) is 5.75 Å². The van der Waals surface area contributed by atoms with Crippen LogP contribution < -0.4 is 10.1 Å². The molecule has 1 saturated carbocycles. The quantitative estimate of drug-likeness (QED) is 0.842. The van der Waals surface area contributed by atoms with E-state index in [1.54, 1.807) is 25.1 Å². The zero-order valence-corrected chi connectivity index (χ0v) is 11.6. The predicted molar refractivity (Wildman–Crippen MR) is 73.3 cm³/mol. The van der Waals surface area contributed by atoms with Gasteiger partial charge in [0.1, 0.15) is 5.75 Å². The van der Waals surface area contributed by atoms with E-state index in [-0.39, 0.29) is 12.5 Å². The van der Waals surface area contributed by atoms with Gasteiger partial charge in [-0.2, -0.15) is 0 Å². The summed E-state index contributed by atoms with van der Waals surface area (Å²) < 4.78 is 5.36. The average Bonchev–Trinajstić information content (AvgIpc) is 3.18. The van der Waals surface area contributed by atoms with Gasteiger partial charge in [-0.05, 0) is 43.4 Å². The van der Waals surface area contributed by atoms with Gasteiger partial charge in [-0.1, -0.05) is 17.7 Å². The summed E-state index contributed by atoms with van der Waals surface area (Å²) in [5.74, 6) is 0.966. The summed E-state index contributed by atoms with van der Waals surface area (Å²) in [5.41, 5.74) is 0.718. The normalized spacial score (nSPS) is 15.9. The van der Waals surface area contributed by atoms with E-state index >= 15 is 0 Å². The number of carbonyl (C=O) groups excluding carboxylic acids is 1. The average molecular weight is 284 g/mol. The van der Waals surface area contributed by atoms with Crippen molar-refractivity contribution in [1.29, 1.82) is 0 Å². The molecule has 1 aliphatic carbocycles. The highest BCUT2D eigenvalue weighted by atomic mass is 35.5. The Hall–Kier alpha value is -1.26. The Kier molecular flexibility index (Phi) is 4.66. The van der Waals surface area contributed by atoms with Gasteiger partial charge in [-0.25, -0.2) is 0 Å². The molecule has 0 spiro atoms. The van der Waals surface area contributed by atoms with E-state index in [0.717, 1.165) is 12.1 Å². The highest BCUT2D eigenvalue weighted by molar-refractivity contribution is 6.32. The number of hydrogen-bond donors (Lipinski definition) is 2. The lowest BCUT2D eigenvalue weighted by atomic mass is 10.1. The molecule has 1 unspecified atom stereocenters. The Labute approximate surface area is 117 Å². The maximum atomic E-state index is 11.5. The van der Waals surface area contributed by atoms with Gasteiger partial charge in [-0.3, -0.25) is 4.79 Å². The van der Waals surface area contributed by atoms with Crippen LogP contribution in [0.1, 0.15) is 31.4 Å². The Morgan fingerprint density at radius 3 is 2.89 bits per heavy atom. The van der Waals surface area contributed by atoms with E-state index in [9.17, 15) is 9.90 Å². The lowest BCUT2D eigenvalue weighted by molar-refractivity contribution is -0.123. The van der Waals surface area contributed by atoms with Crippen LogP contribution in [0.25, 0.3) is 0 Å². The van der Waals surface area contributed by atoms with Crippen molar-refractivity contribution >= 4 is 17.5 Å². The van der Waals surface area contributed by atoms with E-state index in [4.69, 9.17) is 16.3 Å². The van der Waals surface area contributed by atoms with Gasteiger partial charge < -0.3 is 15.2 Å². The molecule has 0 radical (unpaired) electrons. The molecular formula is C14H18ClNO3. The molecule has 0 heterocycles. The number of ether oxygens (including phenoxy) is 1. The molecule has 19 heavy (non-hydrogen) atoms. The Bertz CT molecular complexity index is 458. The van der Waals surface area contributed by atoms with Crippen LogP contribution in [-0.4, -0.2) is 24.2 Å². The topological polar surface area (TPSA) is 58.6 Å². The molecule has 2 N–H and O–H groups in total. The molecule has 0 aliphatic heterocycles. The minimum Gasteiger partial charge on any atom is -0.482 e. The Balaban J connectivity index is 1.82. The van der Waals surface area contributed by atoms with E-state index in [1.807, 2.05) is 0 Å². The first-order valence-corrected chi connectivity index (χ1v) is 6.81. The highest BCUT2D eigenvalue weighted by Gasteiger charge is 2.21. The predicted octanol–water partition coefficient (Wildman–Crippen LogP) is 2.30. The number of aliphatic hydroxyl groups is 1. The monoisotopic (exact) mass is 283 g/mol. The number of aliphatic hydroxyl groups excluding tert-OH is 1. The maximum Gasteiger partial charge on any atom is 0.257 e. The number of halogens is 1. The molecule has 1 fully saturated rings. The summed E-state index contributed by atoms with van der Waals surface area (Å²) in [7, 11) is 0. The summed E-state index contributed by atoms with van der Waals surface area (Å²) >= 11 is 6.03. The van der Waals surface area contributed by atoms with Crippen LogP contribution in [0, 0.1) is 5.92 Å². The van der Waals surface area contributed by atoms with Crippen LogP contribution in [0.15, 0.2) is 18.2 Å². The molecule has 1 aromatic rings. The summed E-state index contributed by atoms with van der Waals surface area (Å²) in [6.45, 7) is 2.36. The largest absolute Gasteiger partial charge is 0.482 e. The van der Waals surface area contributed by atoms with Crippen LogP contribution in [0.2, 0.25) is 5.02 Å². The summed E-state index contributed by atoms with van der Waals surface area (Å²) in [4.78, 5) is 11.5. The van der Waals surface area contributed by atoms with Gasteiger partial charge in [-0.15, -0.1) is 0 Å². The molecule has 0 bridgehead atoms. The van der Waals surface area contributed by atoms with Crippen molar-refractivity contribution < 1.29 is 14.6 Å². The number of carbonyl (C=O) groups is 1. The number of amides is 1. The lowest BCUT2D eigenvalue weighted by Gasteiger charge is -2.11. The third kappa shape index (κ3) is 4.40. The van der Waals surface area contributed by atoms with Crippen LogP contribution in [0.4, 0.5) is 0 Å². The van der Waals surface area contributed by atoms with Crippen LogP contribution >= 0.6 is 11.6 Å². The molecule has 2 rings (SSSR count). The third-order valence-corrected chi connectivity index (χ3v) is 3.38. The van der Waals surface area contributed by atoms with Crippen LogP contribution in [-0.2, 0) is 4.79 Å². The van der Waals surface area contributed by atoms with Crippen molar-refractivity contribution in [2.24, 2.45) is 5.92 Å². The molecule has 0 aromatic heterocycles. The van der Waals surface area contributed by atoms with E-state index in [1.165, 1.54) is 12.8 Å². The molecule has 4 nitrogen and oxygen atoms in total. The zero-order valence-electron chi connectivity index (χ0n) is 10.9. The highest BCUT2D eigenvalue weighted by Crippen LogP contribution is 2.28. The van der Waals surface area contributed by atoms with Crippen molar-refractivity contribution in [3.63, 3.8) is 0 Å². The Morgan fingerprint density at radius 2 is 2.32 bits per heavy atom. The first-order chi connectivity index (χ1) is 9.06. The van der Waals surface area contributed by atoms with E-state index in [2.05, 4.69) is 5.32 Å². The molecule has 1 aliphatic rings. The van der Waals surface area contributed by atoms with E-state index in [0.29, 0.717) is 16.7 Å². The number of benzene rings is 1. The summed E-state index contributed by atoms with van der Waals surface area (Å²) in [6, 6.07) is 5.04. The van der Waals surface area contributed by atoms with Gasteiger partial charge >= 0.3 is 0 Å². The molecule has 1 amide bonds. The summed E-state index contributed by atoms with van der Waals surface area (Å²) in [6.07, 6.45) is 1.83. The minimum atomic E-state index is -0.576. The van der Waals surface area contributed by atoms with Gasteiger partial charge in [0.15, 0.2) is 6.61 Å². The van der Waals surface area contributed by atoms with Crippen molar-refractivity contribution in [1.82, 2.24) is 5.32 Å². The molecule has 5 heteroatoms. The molecule has 1 aromatic carbocycles. The second-order valence-corrected chi connectivity index (χ2v) is 5.31. The van der Waals surface area contributed by atoms with Crippen molar-refractivity contribution in [3.05, 3.63) is 28.8 Å². The van der Waals surface area contributed by atoms with Gasteiger partial charge in [0, 0.05) is 6.54 Å². The lowest BCUT2D eigenvalue weighted by Crippen LogP contribution is -2.30. The maximum absolute atomic E-state index is 11.5. The fourth-order valence-electron chi connectivity index (χ4n) is 1.67. The number of hydrogen-bond acceptors (Lipinski definition) is 3. The first kappa shape index (κ1) is 14.2. The molecular weight excluding hydrogens is 266 g/mol. The second-order valence-electron chi connectivity index (χ2n) is 4.90. The van der Waals surface area contributed by atoms with Crippen LogP contribution in [0.3, 0.4) is 0 Å². The van der Waals surface area contributed by atoms with Crippen molar-refractivity contribution in [2.45, 2.75) is 25.9 Å². The zero-order chi connectivity index (χ0) is 13.8. The number of nitrogens with one attached hydrogen (secondary N) is 1. The standard InChI is InChI=1S/C14H18ClNO3/c1-9(17)11-4-5-13(12(15)6-11)19-8-14(18)16-7-10-2-3-10/h4-6,9-10,17H,2-3,7-8H2,1H3,(H,16,18). The van der Waals surface area contributed by atoms with Crippen molar-refractivity contribution in [2.75, 3.05) is 13.2 Å².